The van der Waals surface area contributed by atoms with E-state index in [1.54, 1.807) is 24.3 Å². The number of likely N-dealkylation sites (tertiary alicyclic amines) is 1. The van der Waals surface area contributed by atoms with Gasteiger partial charge in [0.2, 0.25) is 5.91 Å². The van der Waals surface area contributed by atoms with Crippen LogP contribution in [0.25, 0.3) is 0 Å². The first-order valence-electron chi connectivity index (χ1n) is 9.52. The standard InChI is InChI=1S/C22H22N2O4/c25-19(24-14-4-7-18(24)15-5-2-1-3-6-15)16-8-10-17(11-9-16)23-20(26)22(12-13-22)21(27)28/h1-3,5-6,8-11,18H,4,7,12-14H2,(H,23,26)(H,27,28). The minimum absolute atomic E-state index is 0.0339. The van der Waals surface area contributed by atoms with Gasteiger partial charge in [0.05, 0.1) is 6.04 Å². The van der Waals surface area contributed by atoms with Crippen LogP contribution in [0, 0.1) is 5.41 Å². The second kappa shape index (κ2) is 7.11. The Bertz CT molecular complexity index is 904. The third-order valence-electron chi connectivity index (χ3n) is 5.68. The van der Waals surface area contributed by atoms with Crippen LogP contribution < -0.4 is 5.32 Å². The fourth-order valence-corrected chi connectivity index (χ4v) is 3.81. The van der Waals surface area contributed by atoms with E-state index in [-0.39, 0.29) is 11.9 Å². The molecular weight excluding hydrogens is 356 g/mol. The van der Waals surface area contributed by atoms with Crippen LogP contribution in [-0.4, -0.2) is 34.3 Å². The molecule has 4 rings (SSSR count). The number of nitrogens with one attached hydrogen (secondary N) is 1. The van der Waals surface area contributed by atoms with Crippen molar-refractivity contribution in [2.24, 2.45) is 5.41 Å². The first-order valence-corrected chi connectivity index (χ1v) is 9.52. The second-order valence-corrected chi connectivity index (χ2v) is 7.49. The number of rotatable bonds is 5. The molecule has 6 heteroatoms. The van der Waals surface area contributed by atoms with Crippen LogP contribution in [0.4, 0.5) is 5.69 Å². The second-order valence-electron chi connectivity index (χ2n) is 7.49. The highest BCUT2D eigenvalue weighted by Gasteiger charge is 2.57. The third kappa shape index (κ3) is 3.26. The quantitative estimate of drug-likeness (QED) is 0.780. The summed E-state index contributed by atoms with van der Waals surface area (Å²) < 4.78 is 0. The molecule has 1 saturated heterocycles. The SMILES string of the molecule is O=C(c1ccc(NC(=O)C2(C(=O)O)CC2)cc1)N1CCCC1c1ccccc1. The van der Waals surface area contributed by atoms with Crippen LogP contribution in [0.5, 0.6) is 0 Å². The molecule has 0 spiro atoms. The van der Waals surface area contributed by atoms with Crippen LogP contribution in [0.2, 0.25) is 0 Å². The number of hydrogen-bond acceptors (Lipinski definition) is 3. The zero-order valence-electron chi connectivity index (χ0n) is 15.4. The summed E-state index contributed by atoms with van der Waals surface area (Å²) in [6.07, 6.45) is 2.64. The van der Waals surface area contributed by atoms with Crippen molar-refractivity contribution in [1.82, 2.24) is 4.90 Å². The van der Waals surface area contributed by atoms with Crippen LogP contribution in [0.1, 0.15) is 47.6 Å². The summed E-state index contributed by atoms with van der Waals surface area (Å²) in [5, 5.41) is 11.8. The number of carboxylic acids is 1. The maximum absolute atomic E-state index is 13.0. The van der Waals surface area contributed by atoms with E-state index >= 15 is 0 Å². The fraction of sp³-hybridized carbons (Fsp3) is 0.318. The van der Waals surface area contributed by atoms with Crippen molar-refractivity contribution in [2.45, 2.75) is 31.7 Å². The minimum Gasteiger partial charge on any atom is -0.480 e. The normalized spacial score (nSPS) is 19.9. The van der Waals surface area contributed by atoms with Crippen LogP contribution in [0.15, 0.2) is 54.6 Å². The number of nitrogens with zero attached hydrogens (tertiary/aromatic N) is 1. The molecule has 2 amide bonds. The fourth-order valence-electron chi connectivity index (χ4n) is 3.81. The molecule has 0 aromatic heterocycles. The number of carboxylic acid groups (broad SMARTS) is 1. The lowest BCUT2D eigenvalue weighted by Crippen LogP contribution is -2.31. The van der Waals surface area contributed by atoms with Gasteiger partial charge < -0.3 is 15.3 Å². The molecule has 0 bridgehead atoms. The summed E-state index contributed by atoms with van der Waals surface area (Å²) in [6, 6.07) is 16.8. The Hall–Kier alpha value is -3.15. The summed E-state index contributed by atoms with van der Waals surface area (Å²) >= 11 is 0. The number of carbonyl (C=O) groups excluding carboxylic acids is 2. The highest BCUT2D eigenvalue weighted by Crippen LogP contribution is 2.46. The van der Waals surface area contributed by atoms with Crippen molar-refractivity contribution in [3.63, 3.8) is 0 Å². The van der Waals surface area contributed by atoms with Crippen LogP contribution in [-0.2, 0) is 9.59 Å². The minimum atomic E-state index is -1.28. The number of anilines is 1. The summed E-state index contributed by atoms with van der Waals surface area (Å²) in [6.45, 7) is 0.720. The topological polar surface area (TPSA) is 86.7 Å². The van der Waals surface area contributed by atoms with Gasteiger partial charge in [0.15, 0.2) is 0 Å². The summed E-state index contributed by atoms with van der Waals surface area (Å²) in [7, 11) is 0. The molecule has 144 valence electrons. The molecule has 1 aliphatic carbocycles. The van der Waals surface area contributed by atoms with Crippen LogP contribution in [0.3, 0.4) is 0 Å². The molecule has 2 aromatic rings. The zero-order valence-corrected chi connectivity index (χ0v) is 15.4. The third-order valence-corrected chi connectivity index (χ3v) is 5.68. The van der Waals surface area contributed by atoms with Crippen molar-refractivity contribution in [2.75, 3.05) is 11.9 Å². The Morgan fingerprint density at radius 2 is 1.68 bits per heavy atom. The Morgan fingerprint density at radius 3 is 2.29 bits per heavy atom. The predicted octanol–water partition coefficient (Wildman–Crippen LogP) is 3.47. The first-order chi connectivity index (χ1) is 13.5. The van der Waals surface area contributed by atoms with E-state index in [1.165, 1.54) is 0 Å². The molecule has 2 aliphatic rings. The maximum atomic E-state index is 13.0. The lowest BCUT2D eigenvalue weighted by molar-refractivity contribution is -0.147. The highest BCUT2D eigenvalue weighted by molar-refractivity contribution is 6.10. The van der Waals surface area contributed by atoms with Crippen molar-refractivity contribution in [1.29, 1.82) is 0 Å². The van der Waals surface area contributed by atoms with E-state index in [9.17, 15) is 19.5 Å². The average molecular weight is 378 g/mol. The van der Waals surface area contributed by atoms with Gasteiger partial charge in [-0.25, -0.2) is 0 Å². The van der Waals surface area contributed by atoms with Gasteiger partial charge in [-0.15, -0.1) is 0 Å². The Kier molecular flexibility index (Phi) is 4.63. The van der Waals surface area contributed by atoms with E-state index in [1.807, 2.05) is 35.2 Å². The maximum Gasteiger partial charge on any atom is 0.319 e. The van der Waals surface area contributed by atoms with E-state index in [4.69, 9.17) is 0 Å². The molecule has 0 radical (unpaired) electrons. The Balaban J connectivity index is 1.46. The van der Waals surface area contributed by atoms with Gasteiger partial charge in [-0.2, -0.15) is 0 Å². The zero-order chi connectivity index (χ0) is 19.7. The van der Waals surface area contributed by atoms with Gasteiger partial charge in [-0.05, 0) is 55.5 Å². The number of aliphatic carboxylic acids is 1. The van der Waals surface area contributed by atoms with Gasteiger partial charge in [0, 0.05) is 17.8 Å². The molecule has 1 saturated carbocycles. The molecule has 2 N–H and O–H groups in total. The number of hydrogen-bond donors (Lipinski definition) is 2. The predicted molar refractivity (Wildman–Crippen MR) is 104 cm³/mol. The van der Waals surface area contributed by atoms with Crippen molar-refractivity contribution in [3.8, 4) is 0 Å². The Labute approximate surface area is 163 Å². The van der Waals surface area contributed by atoms with E-state index in [0.29, 0.717) is 24.1 Å². The van der Waals surface area contributed by atoms with Crippen molar-refractivity contribution < 1.29 is 19.5 Å². The lowest BCUT2D eigenvalue weighted by Gasteiger charge is -2.25. The van der Waals surface area contributed by atoms with Gasteiger partial charge in [-0.1, -0.05) is 30.3 Å². The van der Waals surface area contributed by atoms with Gasteiger partial charge in [0.1, 0.15) is 5.41 Å². The first kappa shape index (κ1) is 18.2. The lowest BCUT2D eigenvalue weighted by atomic mass is 10.0. The van der Waals surface area contributed by atoms with E-state index in [0.717, 1.165) is 24.9 Å². The van der Waals surface area contributed by atoms with E-state index < -0.39 is 17.3 Å². The highest BCUT2D eigenvalue weighted by atomic mass is 16.4. The average Bonchev–Trinajstić information content (AvgIpc) is 3.40. The monoisotopic (exact) mass is 378 g/mol. The molecular formula is C22H22N2O4. The van der Waals surface area contributed by atoms with Gasteiger partial charge in [-0.3, -0.25) is 14.4 Å². The van der Waals surface area contributed by atoms with Crippen LogP contribution >= 0.6 is 0 Å². The molecule has 28 heavy (non-hydrogen) atoms. The number of amides is 2. The summed E-state index contributed by atoms with van der Waals surface area (Å²) in [5.74, 6) is -1.62. The summed E-state index contributed by atoms with van der Waals surface area (Å²) in [5.41, 5.74) is 0.906. The van der Waals surface area contributed by atoms with Gasteiger partial charge in [0.25, 0.3) is 5.91 Å². The van der Waals surface area contributed by atoms with Crippen molar-refractivity contribution in [3.05, 3.63) is 65.7 Å². The number of carbonyl (C=O) groups is 3. The number of benzene rings is 2. The largest absolute Gasteiger partial charge is 0.480 e. The Morgan fingerprint density at radius 1 is 1.00 bits per heavy atom. The molecule has 6 nitrogen and oxygen atoms in total. The molecule has 1 aliphatic heterocycles. The molecule has 2 aromatic carbocycles. The summed E-state index contributed by atoms with van der Waals surface area (Å²) in [4.78, 5) is 38.3. The molecule has 1 unspecified atom stereocenters. The molecule has 1 heterocycles. The molecule has 1 atom stereocenters. The smallest absolute Gasteiger partial charge is 0.319 e. The van der Waals surface area contributed by atoms with E-state index in [2.05, 4.69) is 5.32 Å². The van der Waals surface area contributed by atoms with Crippen molar-refractivity contribution >= 4 is 23.5 Å². The molecule has 2 fully saturated rings. The van der Waals surface area contributed by atoms with Gasteiger partial charge >= 0.3 is 5.97 Å².